The van der Waals surface area contributed by atoms with Crippen molar-refractivity contribution in [3.05, 3.63) is 97.3 Å². The Labute approximate surface area is 324 Å². The van der Waals surface area contributed by atoms with E-state index >= 15 is 0 Å². The highest BCUT2D eigenvalue weighted by molar-refractivity contribution is 6.02. The molecule has 1 atom stereocenters. The summed E-state index contributed by atoms with van der Waals surface area (Å²) in [5.41, 5.74) is 3.52. The van der Waals surface area contributed by atoms with E-state index in [-0.39, 0.29) is 17.5 Å². The molecule has 3 saturated heterocycles. The number of piperazine rings is 1. The minimum Gasteiger partial charge on any atom is -0.494 e. The Kier molecular flexibility index (Phi) is 10.6. The van der Waals surface area contributed by atoms with Crippen LogP contribution in [0.5, 0.6) is 17.2 Å². The van der Waals surface area contributed by atoms with Crippen LogP contribution in [0.15, 0.2) is 91.8 Å². The number of piperidine rings is 1. The second kappa shape index (κ2) is 15.9. The Morgan fingerprint density at radius 3 is 2.44 bits per heavy atom. The summed E-state index contributed by atoms with van der Waals surface area (Å²) in [6, 6.07) is 24.9. The number of methoxy groups -OCH3 is 1. The highest BCUT2D eigenvalue weighted by Crippen LogP contribution is 2.42. The Balaban J connectivity index is 0.982. The van der Waals surface area contributed by atoms with Crippen molar-refractivity contribution in [2.24, 2.45) is 0 Å². The summed E-state index contributed by atoms with van der Waals surface area (Å²) in [4.78, 5) is 35.8. The van der Waals surface area contributed by atoms with Crippen LogP contribution in [0.1, 0.15) is 57.6 Å². The van der Waals surface area contributed by atoms with Gasteiger partial charge in [-0.2, -0.15) is 0 Å². The summed E-state index contributed by atoms with van der Waals surface area (Å²) in [5, 5.41) is 8.32. The van der Waals surface area contributed by atoms with Gasteiger partial charge in [-0.15, -0.1) is 0 Å². The molecule has 1 unspecified atom stereocenters. The van der Waals surface area contributed by atoms with E-state index in [0.717, 1.165) is 80.8 Å². The number of carbonyl (C=O) groups is 1. The average Bonchev–Trinajstić information content (AvgIpc) is 3.92. The number of ether oxygens (including phenoxy) is 2. The molecule has 0 bridgehead atoms. The van der Waals surface area contributed by atoms with Crippen molar-refractivity contribution in [3.63, 3.8) is 0 Å². The zero-order chi connectivity index (χ0) is 37.9. The summed E-state index contributed by atoms with van der Waals surface area (Å²) in [7, 11) is 1.66. The molecule has 55 heavy (non-hydrogen) atoms. The summed E-state index contributed by atoms with van der Waals surface area (Å²) in [5.74, 6) is 3.07. The lowest BCUT2D eigenvalue weighted by atomic mass is 9.94. The Morgan fingerprint density at radius 1 is 0.891 bits per heavy atom. The molecule has 0 spiro atoms. The van der Waals surface area contributed by atoms with Gasteiger partial charge >= 0.3 is 0 Å². The van der Waals surface area contributed by atoms with Crippen molar-refractivity contribution in [2.45, 2.75) is 69.6 Å². The average molecular weight is 745 g/mol. The van der Waals surface area contributed by atoms with Gasteiger partial charge in [0.1, 0.15) is 29.4 Å². The van der Waals surface area contributed by atoms with E-state index in [4.69, 9.17) is 14.3 Å². The Morgan fingerprint density at radius 2 is 1.69 bits per heavy atom. The van der Waals surface area contributed by atoms with Gasteiger partial charge in [0, 0.05) is 68.9 Å². The fourth-order valence-electron chi connectivity index (χ4n) is 8.52. The molecular formula is C43H52N8O4. The first kappa shape index (κ1) is 36.8. The molecule has 12 heteroatoms. The van der Waals surface area contributed by atoms with Gasteiger partial charge in [-0.3, -0.25) is 19.4 Å². The molecule has 4 heterocycles. The molecule has 0 radical (unpaired) electrons. The normalized spacial score (nSPS) is 20.6. The van der Waals surface area contributed by atoms with Crippen LogP contribution in [0, 0.1) is 0 Å². The van der Waals surface area contributed by atoms with Crippen LogP contribution in [-0.4, -0.2) is 89.7 Å². The molecule has 2 N–H and O–H groups in total. The number of hydrogen-bond donors (Lipinski definition) is 2. The molecule has 288 valence electrons. The molecule has 1 amide bonds. The van der Waals surface area contributed by atoms with E-state index in [9.17, 15) is 4.79 Å². The van der Waals surface area contributed by atoms with Crippen molar-refractivity contribution >= 4 is 34.6 Å². The van der Waals surface area contributed by atoms with E-state index in [1.807, 2.05) is 71.8 Å². The van der Waals surface area contributed by atoms with Gasteiger partial charge in [0.15, 0.2) is 5.82 Å². The number of hydrogen-bond acceptors (Lipinski definition) is 11. The summed E-state index contributed by atoms with van der Waals surface area (Å²) >= 11 is 0. The topological polar surface area (TPSA) is 108 Å². The van der Waals surface area contributed by atoms with Gasteiger partial charge < -0.3 is 25.0 Å². The van der Waals surface area contributed by atoms with Crippen LogP contribution in [-0.2, 0) is 9.63 Å². The van der Waals surface area contributed by atoms with Crippen molar-refractivity contribution in [2.75, 3.05) is 67.0 Å². The van der Waals surface area contributed by atoms with Crippen molar-refractivity contribution in [1.82, 2.24) is 19.8 Å². The monoisotopic (exact) mass is 744 g/mol. The number of benzene rings is 3. The van der Waals surface area contributed by atoms with Gasteiger partial charge in [0.25, 0.3) is 0 Å². The number of nitrogens with zero attached hydrogens (tertiary/aromatic N) is 6. The highest BCUT2D eigenvalue weighted by Gasteiger charge is 2.43. The lowest BCUT2D eigenvalue weighted by Crippen LogP contribution is -2.62. The van der Waals surface area contributed by atoms with E-state index in [1.165, 1.54) is 25.2 Å². The Bertz CT molecular complexity index is 1980. The quantitative estimate of drug-likeness (QED) is 0.141. The van der Waals surface area contributed by atoms with Gasteiger partial charge in [-0.05, 0) is 81.5 Å². The van der Waals surface area contributed by atoms with Crippen LogP contribution in [0.3, 0.4) is 0 Å². The fraction of sp³-hybridized carbons (Fsp3) is 0.419. The minimum atomic E-state index is -0.275. The minimum absolute atomic E-state index is 0.0698. The van der Waals surface area contributed by atoms with Crippen LogP contribution < -0.4 is 30.1 Å². The third kappa shape index (κ3) is 8.26. The molecule has 3 aromatic carbocycles. The molecule has 12 nitrogen and oxygen atoms in total. The zero-order valence-corrected chi connectivity index (χ0v) is 32.1. The molecule has 1 saturated carbocycles. The van der Waals surface area contributed by atoms with E-state index in [2.05, 4.69) is 61.8 Å². The van der Waals surface area contributed by atoms with Crippen molar-refractivity contribution < 1.29 is 19.1 Å². The molecule has 1 aliphatic carbocycles. The third-order valence-electron chi connectivity index (χ3n) is 11.3. The zero-order valence-electron chi connectivity index (χ0n) is 32.1. The molecule has 4 aromatic rings. The predicted molar refractivity (Wildman–Crippen MR) is 216 cm³/mol. The first-order valence-corrected chi connectivity index (χ1v) is 19.5. The van der Waals surface area contributed by atoms with Crippen molar-refractivity contribution in [1.29, 1.82) is 0 Å². The van der Waals surface area contributed by atoms with E-state index in [0.29, 0.717) is 41.4 Å². The number of para-hydroxylation sites is 1. The maximum absolute atomic E-state index is 12.7. The smallest absolute Gasteiger partial charge is 0.247 e. The van der Waals surface area contributed by atoms with E-state index in [1.54, 1.807) is 7.11 Å². The van der Waals surface area contributed by atoms with Gasteiger partial charge in [0.05, 0.1) is 36.8 Å². The molecule has 1 aromatic heterocycles. The van der Waals surface area contributed by atoms with Gasteiger partial charge in [-0.1, -0.05) is 36.9 Å². The highest BCUT2D eigenvalue weighted by atomic mass is 16.7. The van der Waals surface area contributed by atoms with Crippen molar-refractivity contribution in [3.8, 4) is 17.2 Å². The number of aromatic nitrogens is 2. The number of carbonyl (C=O) groups excluding carboxylic acids is 1. The second-order valence-electron chi connectivity index (χ2n) is 15.5. The SMILES string of the molecule is C=CC(=O)Nc1cc(Nc2cc(N3OCCC3c3cccc(Oc4ccccc4)c3)ncn2)c(OC)cc1N1CCC(N2CCN(C3CC3)C(C)(C)C2)CC1. The van der Waals surface area contributed by atoms with Gasteiger partial charge in [0.2, 0.25) is 5.91 Å². The lowest BCUT2D eigenvalue weighted by molar-refractivity contribution is -0.111. The van der Waals surface area contributed by atoms with E-state index < -0.39 is 0 Å². The maximum atomic E-state index is 12.7. The second-order valence-corrected chi connectivity index (χ2v) is 15.5. The third-order valence-corrected chi connectivity index (χ3v) is 11.3. The number of amides is 1. The summed E-state index contributed by atoms with van der Waals surface area (Å²) in [6.07, 6.45) is 8.41. The molecule has 4 aliphatic rings. The molecular weight excluding hydrogens is 693 g/mol. The molecule has 4 fully saturated rings. The van der Waals surface area contributed by atoms with Gasteiger partial charge in [-0.25, -0.2) is 15.0 Å². The molecule has 3 aliphatic heterocycles. The number of anilines is 5. The van der Waals surface area contributed by atoms with Crippen LogP contribution in [0.4, 0.5) is 28.7 Å². The number of nitrogens with one attached hydrogen (secondary N) is 2. The summed E-state index contributed by atoms with van der Waals surface area (Å²) in [6.45, 7) is 14.2. The summed E-state index contributed by atoms with van der Waals surface area (Å²) < 4.78 is 12.1. The number of rotatable bonds is 12. The Hall–Kier alpha value is -5.17. The first-order chi connectivity index (χ1) is 26.8. The van der Waals surface area contributed by atoms with Crippen LogP contribution in [0.25, 0.3) is 0 Å². The number of hydroxylamine groups is 1. The lowest BCUT2D eigenvalue weighted by Gasteiger charge is -2.51. The maximum Gasteiger partial charge on any atom is 0.247 e. The standard InChI is InChI=1S/C43H52N8O4/c1-5-42(52)47-35-25-36(39(53-4)26-38(35)48-19-16-31(17-20-48)49-21-22-50(32-14-15-32)43(2,3)28-49)46-40-27-41(45-29-44-40)51-37(18-23-54-51)30-10-9-13-34(24-30)55-33-11-7-6-8-12-33/h5-13,24-27,29,31-32,37H,1,14-23,28H2,2-4H3,(H,47,52)(H,44,45,46). The van der Waals surface area contributed by atoms with Crippen LogP contribution >= 0.6 is 0 Å². The predicted octanol–water partition coefficient (Wildman–Crippen LogP) is 7.56. The van der Waals surface area contributed by atoms with Crippen LogP contribution in [0.2, 0.25) is 0 Å². The molecule has 8 rings (SSSR count). The largest absolute Gasteiger partial charge is 0.494 e. The fourth-order valence-corrected chi connectivity index (χ4v) is 8.52. The first-order valence-electron chi connectivity index (χ1n) is 19.5.